The summed E-state index contributed by atoms with van der Waals surface area (Å²) in [4.78, 5) is 11.8. The van der Waals surface area contributed by atoms with Gasteiger partial charge in [-0.05, 0) is 37.5 Å². The van der Waals surface area contributed by atoms with Gasteiger partial charge in [-0.1, -0.05) is 12.1 Å². The number of ether oxygens (including phenoxy) is 1. The largest absolute Gasteiger partial charge is 0.385 e. The van der Waals surface area contributed by atoms with Crippen molar-refractivity contribution < 1.29 is 9.53 Å². The van der Waals surface area contributed by atoms with Crippen LogP contribution in [0.15, 0.2) is 18.2 Å². The van der Waals surface area contributed by atoms with E-state index in [1.165, 1.54) is 0 Å². The molecule has 1 aromatic carbocycles. The van der Waals surface area contributed by atoms with E-state index in [2.05, 4.69) is 5.32 Å². The fraction of sp³-hybridized carbons (Fsp3) is 0.462. The number of hydrogen-bond donors (Lipinski definition) is 2. The van der Waals surface area contributed by atoms with Gasteiger partial charge in [0.1, 0.15) is 0 Å². The Hall–Kier alpha value is -1.39. The Morgan fingerprint density at radius 3 is 2.82 bits per heavy atom. The maximum absolute atomic E-state index is 11.8. The molecule has 0 saturated carbocycles. The molecule has 0 aliphatic heterocycles. The summed E-state index contributed by atoms with van der Waals surface area (Å²) in [5, 5.41) is 2.84. The van der Waals surface area contributed by atoms with Crippen molar-refractivity contribution in [1.29, 1.82) is 0 Å². The predicted molar refractivity (Wildman–Crippen MR) is 69.0 cm³/mol. The van der Waals surface area contributed by atoms with E-state index in [4.69, 9.17) is 10.5 Å². The Bertz CT molecular complexity index is 391. The quantitative estimate of drug-likeness (QED) is 0.816. The van der Waals surface area contributed by atoms with E-state index in [-0.39, 0.29) is 5.91 Å². The predicted octanol–water partition coefficient (Wildman–Crippen LogP) is 1.61. The first-order chi connectivity index (χ1) is 8.06. The zero-order valence-electron chi connectivity index (χ0n) is 10.6. The number of methoxy groups -OCH3 is 1. The van der Waals surface area contributed by atoms with Crippen molar-refractivity contribution in [3.63, 3.8) is 0 Å². The molecule has 1 rings (SSSR count). The van der Waals surface area contributed by atoms with E-state index < -0.39 is 6.04 Å². The van der Waals surface area contributed by atoms with Crippen molar-refractivity contribution in [3.05, 3.63) is 29.3 Å². The Labute approximate surface area is 102 Å². The second kappa shape index (κ2) is 6.37. The first kappa shape index (κ1) is 13.7. The fourth-order valence-electron chi connectivity index (χ4n) is 1.49. The molecule has 1 unspecified atom stereocenters. The molecule has 0 aliphatic rings. The van der Waals surface area contributed by atoms with E-state index >= 15 is 0 Å². The monoisotopic (exact) mass is 236 g/mol. The molecule has 4 heteroatoms. The zero-order chi connectivity index (χ0) is 12.8. The molecular formula is C13H20N2O2. The van der Waals surface area contributed by atoms with Gasteiger partial charge in [-0.2, -0.15) is 0 Å². The van der Waals surface area contributed by atoms with Gasteiger partial charge < -0.3 is 15.8 Å². The summed E-state index contributed by atoms with van der Waals surface area (Å²) in [7, 11) is 1.59. The molecule has 0 radical (unpaired) electrons. The highest BCUT2D eigenvalue weighted by Crippen LogP contribution is 2.18. The Morgan fingerprint density at radius 2 is 2.18 bits per heavy atom. The van der Waals surface area contributed by atoms with Crippen LogP contribution < -0.4 is 11.1 Å². The van der Waals surface area contributed by atoms with Gasteiger partial charge >= 0.3 is 0 Å². The van der Waals surface area contributed by atoms with Gasteiger partial charge in [0.25, 0.3) is 0 Å². The Kier molecular flexibility index (Phi) is 5.12. The first-order valence-corrected chi connectivity index (χ1v) is 5.68. The van der Waals surface area contributed by atoms with E-state index in [1.807, 2.05) is 32.0 Å². The van der Waals surface area contributed by atoms with Crippen molar-refractivity contribution in [2.24, 2.45) is 5.73 Å². The average molecular weight is 236 g/mol. The van der Waals surface area contributed by atoms with Crippen LogP contribution in [0.5, 0.6) is 0 Å². The number of rotatable bonds is 5. The Balaban J connectivity index is 2.64. The molecule has 0 saturated heterocycles. The van der Waals surface area contributed by atoms with Crippen molar-refractivity contribution >= 4 is 11.6 Å². The summed E-state index contributed by atoms with van der Waals surface area (Å²) in [6.07, 6.45) is 0.521. The minimum absolute atomic E-state index is 0.171. The van der Waals surface area contributed by atoms with Gasteiger partial charge in [-0.3, -0.25) is 4.79 Å². The van der Waals surface area contributed by atoms with Crippen molar-refractivity contribution in [2.75, 3.05) is 19.0 Å². The second-order valence-corrected chi connectivity index (χ2v) is 4.12. The SMILES string of the molecule is COCCC(N)C(=O)Nc1cccc(C)c1C. The van der Waals surface area contributed by atoms with Crippen LogP contribution >= 0.6 is 0 Å². The first-order valence-electron chi connectivity index (χ1n) is 5.68. The smallest absolute Gasteiger partial charge is 0.241 e. The van der Waals surface area contributed by atoms with Crippen LogP contribution in [0.1, 0.15) is 17.5 Å². The minimum atomic E-state index is -0.533. The normalized spacial score (nSPS) is 12.2. The van der Waals surface area contributed by atoms with E-state index in [0.717, 1.165) is 16.8 Å². The van der Waals surface area contributed by atoms with E-state index in [9.17, 15) is 4.79 Å². The lowest BCUT2D eigenvalue weighted by molar-refractivity contribution is -0.117. The molecule has 0 bridgehead atoms. The lowest BCUT2D eigenvalue weighted by Crippen LogP contribution is -2.36. The third-order valence-electron chi connectivity index (χ3n) is 2.83. The van der Waals surface area contributed by atoms with Gasteiger partial charge in [-0.15, -0.1) is 0 Å². The van der Waals surface area contributed by atoms with Crippen LogP contribution in [-0.2, 0) is 9.53 Å². The summed E-state index contributed by atoms with van der Waals surface area (Å²) in [6, 6.07) is 5.27. The van der Waals surface area contributed by atoms with Gasteiger partial charge in [0.15, 0.2) is 0 Å². The van der Waals surface area contributed by atoms with Gasteiger partial charge in [-0.25, -0.2) is 0 Å². The number of aryl methyl sites for hydroxylation is 1. The van der Waals surface area contributed by atoms with Gasteiger partial charge in [0, 0.05) is 19.4 Å². The lowest BCUT2D eigenvalue weighted by atomic mass is 10.1. The number of hydrogen-bond acceptors (Lipinski definition) is 3. The minimum Gasteiger partial charge on any atom is -0.385 e. The number of benzene rings is 1. The number of nitrogens with one attached hydrogen (secondary N) is 1. The maximum Gasteiger partial charge on any atom is 0.241 e. The van der Waals surface area contributed by atoms with E-state index in [0.29, 0.717) is 13.0 Å². The molecule has 0 heterocycles. The van der Waals surface area contributed by atoms with Crippen LogP contribution in [0.2, 0.25) is 0 Å². The third-order valence-corrected chi connectivity index (χ3v) is 2.83. The summed E-state index contributed by atoms with van der Waals surface area (Å²) < 4.78 is 4.90. The second-order valence-electron chi connectivity index (χ2n) is 4.12. The van der Waals surface area contributed by atoms with E-state index in [1.54, 1.807) is 7.11 Å². The summed E-state index contributed by atoms with van der Waals surface area (Å²) in [5.41, 5.74) is 8.79. The number of anilines is 1. The summed E-state index contributed by atoms with van der Waals surface area (Å²) in [5.74, 6) is -0.171. The van der Waals surface area contributed by atoms with Crippen LogP contribution in [0.4, 0.5) is 5.69 Å². The highest BCUT2D eigenvalue weighted by molar-refractivity contribution is 5.95. The molecular weight excluding hydrogens is 216 g/mol. The van der Waals surface area contributed by atoms with Gasteiger partial charge in [0.2, 0.25) is 5.91 Å². The number of carbonyl (C=O) groups is 1. The molecule has 0 fully saturated rings. The molecule has 94 valence electrons. The fourth-order valence-corrected chi connectivity index (χ4v) is 1.49. The molecule has 4 nitrogen and oxygen atoms in total. The molecule has 0 spiro atoms. The standard InChI is InChI=1S/C13H20N2O2/c1-9-5-4-6-12(10(9)2)15-13(16)11(14)7-8-17-3/h4-6,11H,7-8,14H2,1-3H3,(H,15,16). The molecule has 0 aliphatic carbocycles. The van der Waals surface area contributed by atoms with Gasteiger partial charge in [0.05, 0.1) is 6.04 Å². The average Bonchev–Trinajstić information content (AvgIpc) is 2.31. The van der Waals surface area contributed by atoms with Crippen LogP contribution in [0.25, 0.3) is 0 Å². The van der Waals surface area contributed by atoms with Crippen molar-refractivity contribution in [3.8, 4) is 0 Å². The van der Waals surface area contributed by atoms with Crippen LogP contribution in [-0.4, -0.2) is 25.7 Å². The van der Waals surface area contributed by atoms with Crippen molar-refractivity contribution in [1.82, 2.24) is 0 Å². The Morgan fingerprint density at radius 1 is 1.47 bits per heavy atom. The molecule has 17 heavy (non-hydrogen) atoms. The van der Waals surface area contributed by atoms with Crippen molar-refractivity contribution in [2.45, 2.75) is 26.3 Å². The summed E-state index contributed by atoms with van der Waals surface area (Å²) in [6.45, 7) is 4.48. The number of amides is 1. The van der Waals surface area contributed by atoms with Crippen LogP contribution in [0.3, 0.4) is 0 Å². The highest BCUT2D eigenvalue weighted by atomic mass is 16.5. The zero-order valence-corrected chi connectivity index (χ0v) is 10.6. The molecule has 1 amide bonds. The maximum atomic E-state index is 11.8. The highest BCUT2D eigenvalue weighted by Gasteiger charge is 2.14. The third kappa shape index (κ3) is 3.84. The molecule has 3 N–H and O–H groups in total. The van der Waals surface area contributed by atoms with Crippen LogP contribution in [0, 0.1) is 13.8 Å². The number of nitrogens with two attached hydrogens (primary N) is 1. The number of carbonyl (C=O) groups excluding carboxylic acids is 1. The lowest BCUT2D eigenvalue weighted by Gasteiger charge is -2.14. The molecule has 1 atom stereocenters. The molecule has 0 aromatic heterocycles. The molecule has 1 aromatic rings. The summed E-state index contributed by atoms with van der Waals surface area (Å²) >= 11 is 0. The topological polar surface area (TPSA) is 64.3 Å².